The first-order valence-corrected chi connectivity index (χ1v) is 4.26. The molecule has 0 aromatic heterocycles. The van der Waals surface area contributed by atoms with Crippen LogP contribution in [-0.4, -0.2) is 41.3 Å². The van der Waals surface area contributed by atoms with Crippen molar-refractivity contribution in [2.24, 2.45) is 0 Å². The summed E-state index contributed by atoms with van der Waals surface area (Å²) in [6.07, 6.45) is 5.42. The van der Waals surface area contributed by atoms with Crippen molar-refractivity contribution in [2.75, 3.05) is 13.2 Å². The molecule has 0 radical (unpaired) electrons. The monoisotopic (exact) mass is 197 g/mol. The van der Waals surface area contributed by atoms with Crippen LogP contribution in [0.25, 0.3) is 0 Å². The molecule has 1 rings (SSSR count). The molecule has 1 amide bonds. The summed E-state index contributed by atoms with van der Waals surface area (Å²) < 4.78 is 4.64. The van der Waals surface area contributed by atoms with Crippen LogP contribution < -0.4 is 0 Å². The van der Waals surface area contributed by atoms with Crippen LogP contribution in [0.1, 0.15) is 12.8 Å². The topological polar surface area (TPSA) is 66.8 Å². The predicted octanol–water partition coefficient (Wildman–Crippen LogP) is 0.305. The first-order chi connectivity index (χ1) is 6.66. The number of amides is 1. The van der Waals surface area contributed by atoms with Crippen molar-refractivity contribution in [1.29, 1.82) is 0 Å². The van der Waals surface area contributed by atoms with E-state index in [1.54, 1.807) is 0 Å². The van der Waals surface area contributed by atoms with Crippen LogP contribution in [0.5, 0.6) is 0 Å². The molecule has 0 bridgehead atoms. The molecule has 1 aliphatic heterocycles. The van der Waals surface area contributed by atoms with E-state index in [1.165, 1.54) is 4.90 Å². The van der Waals surface area contributed by atoms with Crippen LogP contribution >= 0.6 is 0 Å². The van der Waals surface area contributed by atoms with E-state index >= 15 is 0 Å². The zero-order valence-corrected chi connectivity index (χ0v) is 7.60. The van der Waals surface area contributed by atoms with E-state index in [2.05, 4.69) is 10.7 Å². The number of aliphatic carboxylic acids is 1. The Labute approximate surface area is 81.6 Å². The minimum absolute atomic E-state index is 0.123. The summed E-state index contributed by atoms with van der Waals surface area (Å²) in [5.41, 5.74) is 0. The highest BCUT2D eigenvalue weighted by Crippen LogP contribution is 2.18. The van der Waals surface area contributed by atoms with Crippen molar-refractivity contribution in [3.05, 3.63) is 0 Å². The predicted molar refractivity (Wildman–Crippen MR) is 47.5 cm³/mol. The number of carbonyl (C=O) groups is 2. The molecule has 0 aromatic carbocycles. The van der Waals surface area contributed by atoms with Crippen LogP contribution in [0.4, 0.5) is 4.79 Å². The molecule has 1 saturated heterocycles. The molecule has 1 atom stereocenters. The number of terminal acetylenes is 1. The Morgan fingerprint density at radius 2 is 2.36 bits per heavy atom. The molecule has 1 N–H and O–H groups in total. The van der Waals surface area contributed by atoms with Crippen LogP contribution in [0.3, 0.4) is 0 Å². The zero-order chi connectivity index (χ0) is 10.6. The number of carbonyl (C=O) groups excluding carboxylic acids is 1. The molecule has 0 aromatic rings. The van der Waals surface area contributed by atoms with Gasteiger partial charge in [-0.15, -0.1) is 6.42 Å². The van der Waals surface area contributed by atoms with Crippen LogP contribution in [0.15, 0.2) is 0 Å². The third kappa shape index (κ3) is 2.16. The van der Waals surface area contributed by atoms with Gasteiger partial charge in [0.15, 0.2) is 6.61 Å². The highest BCUT2D eigenvalue weighted by molar-refractivity contribution is 5.80. The third-order valence-electron chi connectivity index (χ3n) is 2.05. The first-order valence-electron chi connectivity index (χ1n) is 4.26. The number of rotatable bonds is 2. The summed E-state index contributed by atoms with van der Waals surface area (Å²) >= 11 is 0. The Morgan fingerprint density at radius 3 is 2.93 bits per heavy atom. The molecule has 1 aliphatic rings. The Kier molecular flexibility index (Phi) is 3.35. The molecule has 5 heteroatoms. The van der Waals surface area contributed by atoms with Crippen molar-refractivity contribution in [3.8, 4) is 12.3 Å². The van der Waals surface area contributed by atoms with Crippen molar-refractivity contribution in [1.82, 2.24) is 4.90 Å². The third-order valence-corrected chi connectivity index (χ3v) is 2.05. The van der Waals surface area contributed by atoms with Crippen LogP contribution in [-0.2, 0) is 9.53 Å². The van der Waals surface area contributed by atoms with Crippen molar-refractivity contribution in [2.45, 2.75) is 18.9 Å². The standard InChI is InChI=1S/C9H11NO4/c1-2-6-14-9(13)10-5-3-4-7(10)8(11)12/h1,7H,3-6H2,(H,11,12)/t7-/m0/s1. The van der Waals surface area contributed by atoms with E-state index in [4.69, 9.17) is 11.5 Å². The number of nitrogens with zero attached hydrogens (tertiary/aromatic N) is 1. The summed E-state index contributed by atoms with van der Waals surface area (Å²) in [6, 6.07) is -0.764. The number of likely N-dealkylation sites (tertiary alicyclic amines) is 1. The number of hydrogen-bond donors (Lipinski definition) is 1. The van der Waals surface area contributed by atoms with Crippen molar-refractivity contribution >= 4 is 12.1 Å². The lowest BCUT2D eigenvalue weighted by atomic mass is 10.2. The average molecular weight is 197 g/mol. The Bertz CT molecular complexity index is 281. The minimum Gasteiger partial charge on any atom is -0.480 e. The fraction of sp³-hybridized carbons (Fsp3) is 0.556. The summed E-state index contributed by atoms with van der Waals surface area (Å²) in [7, 11) is 0. The number of hydrogen-bond acceptors (Lipinski definition) is 3. The molecular formula is C9H11NO4. The molecule has 1 fully saturated rings. The van der Waals surface area contributed by atoms with Gasteiger partial charge in [-0.25, -0.2) is 9.59 Å². The quantitative estimate of drug-likeness (QED) is 0.647. The molecule has 14 heavy (non-hydrogen) atoms. The fourth-order valence-corrected chi connectivity index (χ4v) is 1.43. The molecule has 0 saturated carbocycles. The summed E-state index contributed by atoms with van der Waals surface area (Å²) in [4.78, 5) is 23.2. The Hall–Kier alpha value is -1.70. The van der Waals surface area contributed by atoms with E-state index in [1.807, 2.05) is 0 Å². The summed E-state index contributed by atoms with van der Waals surface area (Å²) in [6.45, 7) is 0.294. The lowest BCUT2D eigenvalue weighted by Crippen LogP contribution is -2.40. The smallest absolute Gasteiger partial charge is 0.411 e. The van der Waals surface area contributed by atoms with Gasteiger partial charge in [-0.2, -0.15) is 0 Å². The zero-order valence-electron chi connectivity index (χ0n) is 7.60. The Balaban J connectivity index is 2.54. The highest BCUT2D eigenvalue weighted by atomic mass is 16.6. The van der Waals surface area contributed by atoms with Gasteiger partial charge in [0.25, 0.3) is 0 Å². The van der Waals surface area contributed by atoms with Gasteiger partial charge in [0.05, 0.1) is 0 Å². The van der Waals surface area contributed by atoms with Gasteiger partial charge in [0, 0.05) is 6.54 Å². The lowest BCUT2D eigenvalue weighted by molar-refractivity contribution is -0.141. The van der Waals surface area contributed by atoms with E-state index < -0.39 is 18.1 Å². The van der Waals surface area contributed by atoms with E-state index in [0.29, 0.717) is 19.4 Å². The lowest BCUT2D eigenvalue weighted by Gasteiger charge is -2.19. The van der Waals surface area contributed by atoms with Crippen LogP contribution in [0, 0.1) is 12.3 Å². The van der Waals surface area contributed by atoms with Gasteiger partial charge in [0.1, 0.15) is 6.04 Å². The normalized spacial score (nSPS) is 20.2. The van der Waals surface area contributed by atoms with Gasteiger partial charge in [0.2, 0.25) is 0 Å². The minimum atomic E-state index is -1.000. The first kappa shape index (κ1) is 10.4. The summed E-state index contributed by atoms with van der Waals surface area (Å²) in [5.74, 6) is 1.15. The second-order valence-corrected chi connectivity index (χ2v) is 2.95. The number of carboxylic acid groups (broad SMARTS) is 1. The molecule has 76 valence electrons. The summed E-state index contributed by atoms with van der Waals surface area (Å²) in [5, 5.41) is 8.77. The molecule has 5 nitrogen and oxygen atoms in total. The second kappa shape index (κ2) is 4.51. The van der Waals surface area contributed by atoms with Gasteiger partial charge >= 0.3 is 12.1 Å². The van der Waals surface area contributed by atoms with Crippen molar-refractivity contribution in [3.63, 3.8) is 0 Å². The highest BCUT2D eigenvalue weighted by Gasteiger charge is 2.34. The molecule has 0 aliphatic carbocycles. The van der Waals surface area contributed by atoms with Crippen LogP contribution in [0.2, 0.25) is 0 Å². The van der Waals surface area contributed by atoms with E-state index in [-0.39, 0.29) is 6.61 Å². The van der Waals surface area contributed by atoms with E-state index in [9.17, 15) is 9.59 Å². The maximum Gasteiger partial charge on any atom is 0.411 e. The SMILES string of the molecule is C#CCOC(=O)N1CCC[C@H]1C(=O)O. The molecule has 0 spiro atoms. The molecule has 1 heterocycles. The molecule has 0 unspecified atom stereocenters. The molecular weight excluding hydrogens is 186 g/mol. The average Bonchev–Trinajstić information content (AvgIpc) is 2.62. The van der Waals surface area contributed by atoms with Gasteiger partial charge in [-0.3, -0.25) is 4.90 Å². The number of carboxylic acids is 1. The maximum atomic E-state index is 11.3. The van der Waals surface area contributed by atoms with Gasteiger partial charge < -0.3 is 9.84 Å². The largest absolute Gasteiger partial charge is 0.480 e. The van der Waals surface area contributed by atoms with E-state index in [0.717, 1.165) is 0 Å². The van der Waals surface area contributed by atoms with Crippen molar-refractivity contribution < 1.29 is 19.4 Å². The van der Waals surface area contributed by atoms with Gasteiger partial charge in [-0.1, -0.05) is 5.92 Å². The second-order valence-electron chi connectivity index (χ2n) is 2.95. The Morgan fingerprint density at radius 1 is 1.64 bits per heavy atom. The maximum absolute atomic E-state index is 11.3. The fourth-order valence-electron chi connectivity index (χ4n) is 1.43. The number of ether oxygens (including phenoxy) is 1. The van der Waals surface area contributed by atoms with Gasteiger partial charge in [-0.05, 0) is 12.8 Å².